The summed E-state index contributed by atoms with van der Waals surface area (Å²) in [5.74, 6) is -2.22. The van der Waals surface area contributed by atoms with Crippen LogP contribution in [0.3, 0.4) is 0 Å². The summed E-state index contributed by atoms with van der Waals surface area (Å²) in [5.41, 5.74) is 0.616. The number of rotatable bonds is 9. The number of imide groups is 1. The molecule has 1 heterocycles. The van der Waals surface area contributed by atoms with Crippen LogP contribution in [0.25, 0.3) is 0 Å². The minimum Gasteiger partial charge on any atom is -0.469 e. The summed E-state index contributed by atoms with van der Waals surface area (Å²) in [6.45, 7) is 2.69. The lowest BCUT2D eigenvalue weighted by atomic mass is 10.1. The second-order valence-electron chi connectivity index (χ2n) is 7.16. The topological polar surface area (TPSA) is 87.2 Å². The first-order chi connectivity index (χ1) is 13.3. The highest BCUT2D eigenvalue weighted by atomic mass is 16.5. The molecule has 28 heavy (non-hydrogen) atoms. The largest absolute Gasteiger partial charge is 0.469 e. The second kappa shape index (κ2) is 9.45. The van der Waals surface area contributed by atoms with Crippen molar-refractivity contribution < 1.29 is 23.9 Å². The number of methoxy groups -OCH3 is 1. The molecule has 1 aliphatic heterocycles. The van der Waals surface area contributed by atoms with E-state index in [4.69, 9.17) is 4.74 Å². The number of hydrogen-bond acceptors (Lipinski definition) is 6. The summed E-state index contributed by atoms with van der Waals surface area (Å²) in [5, 5.41) is 0. The Morgan fingerprint density at radius 1 is 1.07 bits per heavy atom. The highest BCUT2D eigenvalue weighted by Crippen LogP contribution is 2.22. The van der Waals surface area contributed by atoms with Crippen LogP contribution in [0.1, 0.15) is 34.1 Å². The summed E-state index contributed by atoms with van der Waals surface area (Å²) in [7, 11) is 5.17. The van der Waals surface area contributed by atoms with Crippen LogP contribution in [0, 0.1) is 5.92 Å². The van der Waals surface area contributed by atoms with E-state index in [2.05, 4.69) is 0 Å². The fourth-order valence-electron chi connectivity index (χ4n) is 3.12. The van der Waals surface area contributed by atoms with Gasteiger partial charge in [0.25, 0.3) is 11.8 Å². The van der Waals surface area contributed by atoms with Crippen LogP contribution in [-0.4, -0.2) is 85.8 Å². The third kappa shape index (κ3) is 4.95. The van der Waals surface area contributed by atoms with Gasteiger partial charge in [0.05, 0.1) is 24.2 Å². The van der Waals surface area contributed by atoms with Crippen LogP contribution < -0.4 is 0 Å². The summed E-state index contributed by atoms with van der Waals surface area (Å²) < 4.78 is 4.74. The molecule has 0 saturated carbocycles. The molecule has 2 rings (SSSR count). The predicted octanol–water partition coefficient (Wildman–Crippen LogP) is 0.872. The van der Waals surface area contributed by atoms with Crippen molar-refractivity contribution >= 4 is 23.7 Å². The fourth-order valence-corrected chi connectivity index (χ4v) is 3.12. The Morgan fingerprint density at radius 3 is 2.14 bits per heavy atom. The quantitative estimate of drug-likeness (QED) is 0.460. The maximum absolute atomic E-state index is 12.9. The molecule has 1 aromatic rings. The van der Waals surface area contributed by atoms with Crippen molar-refractivity contribution in [3.05, 3.63) is 35.4 Å². The van der Waals surface area contributed by atoms with Crippen molar-refractivity contribution in [2.45, 2.75) is 13.3 Å². The maximum Gasteiger partial charge on any atom is 0.310 e. The Bertz CT molecular complexity index is 727. The monoisotopic (exact) mass is 389 g/mol. The molecule has 3 amide bonds. The normalized spacial score (nSPS) is 14.2. The molecule has 1 atom stereocenters. The number of nitrogens with zero attached hydrogens (tertiary/aromatic N) is 3. The maximum atomic E-state index is 12.9. The number of carbonyl (C=O) groups is 4. The number of carbonyl (C=O) groups excluding carboxylic acids is 4. The van der Waals surface area contributed by atoms with Crippen molar-refractivity contribution in [3.63, 3.8) is 0 Å². The van der Waals surface area contributed by atoms with Gasteiger partial charge in [-0.3, -0.25) is 24.1 Å². The molecule has 0 bridgehead atoms. The van der Waals surface area contributed by atoms with Gasteiger partial charge in [0.2, 0.25) is 5.91 Å². The Balaban J connectivity index is 2.09. The molecule has 1 aromatic carbocycles. The molecule has 8 nitrogen and oxygen atoms in total. The van der Waals surface area contributed by atoms with Crippen LogP contribution in [0.2, 0.25) is 0 Å². The molecule has 152 valence electrons. The number of amides is 3. The molecule has 0 spiro atoms. The first kappa shape index (κ1) is 21.6. The van der Waals surface area contributed by atoms with E-state index in [0.717, 1.165) is 11.4 Å². The van der Waals surface area contributed by atoms with Gasteiger partial charge >= 0.3 is 5.97 Å². The highest BCUT2D eigenvalue weighted by molar-refractivity contribution is 6.22. The molecule has 0 saturated heterocycles. The lowest BCUT2D eigenvalue weighted by Gasteiger charge is -2.27. The van der Waals surface area contributed by atoms with Crippen LogP contribution in [0.4, 0.5) is 0 Å². The third-order valence-electron chi connectivity index (χ3n) is 4.66. The van der Waals surface area contributed by atoms with E-state index in [0.29, 0.717) is 24.1 Å². The van der Waals surface area contributed by atoms with E-state index in [1.807, 2.05) is 19.0 Å². The zero-order valence-electron chi connectivity index (χ0n) is 16.8. The van der Waals surface area contributed by atoms with Gasteiger partial charge in [0, 0.05) is 13.1 Å². The minimum atomic E-state index is -0.504. The Hall–Kier alpha value is -2.74. The van der Waals surface area contributed by atoms with Gasteiger partial charge in [-0.25, -0.2) is 0 Å². The number of ether oxygens (including phenoxy) is 1. The van der Waals surface area contributed by atoms with Gasteiger partial charge < -0.3 is 14.5 Å². The van der Waals surface area contributed by atoms with E-state index in [1.165, 1.54) is 12.0 Å². The fraction of sp³-hybridized carbons (Fsp3) is 0.500. The molecule has 0 aliphatic carbocycles. The van der Waals surface area contributed by atoms with Crippen molar-refractivity contribution in [1.29, 1.82) is 0 Å². The first-order valence-corrected chi connectivity index (χ1v) is 9.21. The first-order valence-electron chi connectivity index (χ1n) is 9.21. The van der Waals surface area contributed by atoms with E-state index in [9.17, 15) is 19.2 Å². The van der Waals surface area contributed by atoms with Crippen LogP contribution in [0.15, 0.2) is 24.3 Å². The van der Waals surface area contributed by atoms with Crippen LogP contribution in [0.5, 0.6) is 0 Å². The van der Waals surface area contributed by atoms with Gasteiger partial charge in [-0.15, -0.1) is 0 Å². The zero-order valence-corrected chi connectivity index (χ0v) is 16.8. The molecular formula is C20H27N3O5. The Morgan fingerprint density at radius 2 is 1.64 bits per heavy atom. The summed E-state index contributed by atoms with van der Waals surface area (Å²) in [6, 6.07) is 6.52. The average Bonchev–Trinajstić information content (AvgIpc) is 2.91. The molecule has 1 aliphatic rings. The molecule has 0 N–H and O–H groups in total. The number of hydrogen-bond donors (Lipinski definition) is 0. The molecule has 0 radical (unpaired) electrons. The van der Waals surface area contributed by atoms with Crippen LogP contribution in [-0.2, 0) is 14.3 Å². The van der Waals surface area contributed by atoms with Crippen molar-refractivity contribution in [2.24, 2.45) is 5.92 Å². The molecular weight excluding hydrogens is 362 g/mol. The van der Waals surface area contributed by atoms with E-state index in [1.54, 1.807) is 31.2 Å². The summed E-state index contributed by atoms with van der Waals surface area (Å²) in [6.07, 6.45) is 0.703. The summed E-state index contributed by atoms with van der Waals surface area (Å²) >= 11 is 0. The van der Waals surface area contributed by atoms with Gasteiger partial charge in [-0.1, -0.05) is 19.1 Å². The van der Waals surface area contributed by atoms with Gasteiger partial charge in [-0.2, -0.15) is 0 Å². The van der Waals surface area contributed by atoms with E-state index < -0.39 is 23.7 Å². The Labute approximate surface area is 165 Å². The molecule has 0 fully saturated rings. The van der Waals surface area contributed by atoms with E-state index >= 15 is 0 Å². The lowest BCUT2D eigenvalue weighted by Crippen LogP contribution is -2.45. The lowest BCUT2D eigenvalue weighted by molar-refractivity contribution is -0.146. The second-order valence-corrected chi connectivity index (χ2v) is 7.16. The smallest absolute Gasteiger partial charge is 0.310 e. The van der Waals surface area contributed by atoms with Crippen LogP contribution >= 0.6 is 0 Å². The van der Waals surface area contributed by atoms with Gasteiger partial charge in [0.1, 0.15) is 6.54 Å². The molecule has 8 heteroatoms. The zero-order chi connectivity index (χ0) is 20.8. The van der Waals surface area contributed by atoms with Crippen molar-refractivity contribution in [1.82, 2.24) is 14.7 Å². The molecule has 0 aromatic heterocycles. The Kier molecular flexibility index (Phi) is 7.28. The SMILES string of the molecule is COC(=O)C(C)CN(CCCN(C)C)C(=O)CN1C(=O)c2ccccc2C1=O. The highest BCUT2D eigenvalue weighted by Gasteiger charge is 2.37. The number of esters is 1. The molecule has 1 unspecified atom stereocenters. The van der Waals surface area contributed by atoms with E-state index in [-0.39, 0.29) is 19.0 Å². The van der Waals surface area contributed by atoms with Crippen molar-refractivity contribution in [3.8, 4) is 0 Å². The van der Waals surface area contributed by atoms with Gasteiger partial charge in [-0.05, 0) is 39.2 Å². The average molecular weight is 389 g/mol. The minimum absolute atomic E-state index is 0.169. The third-order valence-corrected chi connectivity index (χ3v) is 4.66. The predicted molar refractivity (Wildman–Crippen MR) is 103 cm³/mol. The van der Waals surface area contributed by atoms with Gasteiger partial charge in [0.15, 0.2) is 0 Å². The number of fused-ring (bicyclic) bond motifs is 1. The summed E-state index contributed by atoms with van der Waals surface area (Å²) in [4.78, 5) is 54.1. The van der Waals surface area contributed by atoms with Crippen molar-refractivity contribution in [2.75, 3.05) is 47.4 Å². The standard InChI is InChI=1S/C20H27N3O5/c1-14(20(27)28-4)12-22(11-7-10-21(2)3)17(24)13-23-18(25)15-8-5-6-9-16(15)19(23)26/h5-6,8-9,14H,7,10-13H2,1-4H3. The number of benzene rings is 1.